The largest absolute Gasteiger partial charge is 0.347 e. The van der Waals surface area contributed by atoms with Crippen molar-refractivity contribution in [2.75, 3.05) is 0 Å². The quantitative estimate of drug-likeness (QED) is 0.737. The number of hydrogen-bond acceptors (Lipinski definition) is 4. The molecule has 0 atom stereocenters. The third-order valence-electron chi connectivity index (χ3n) is 4.21. The summed E-state index contributed by atoms with van der Waals surface area (Å²) in [6.45, 7) is 0. The fourth-order valence-corrected chi connectivity index (χ4v) is 3.53. The monoisotopic (exact) mass is 381 g/mol. The highest BCUT2D eigenvalue weighted by Crippen LogP contribution is 2.23. The molecule has 1 N–H and O–H groups in total. The van der Waals surface area contributed by atoms with Gasteiger partial charge in [-0.05, 0) is 46.0 Å². The Bertz CT molecular complexity index is 979. The van der Waals surface area contributed by atoms with Gasteiger partial charge in [-0.1, -0.05) is 24.3 Å². The summed E-state index contributed by atoms with van der Waals surface area (Å²) in [5.41, 5.74) is 3.59. The predicted octanol–water partition coefficient (Wildman–Crippen LogP) is 2.26. The zero-order valence-corrected chi connectivity index (χ0v) is 14.1. The highest BCUT2D eigenvalue weighted by Gasteiger charge is 2.24. The fraction of sp³-hybridized carbons (Fsp3) is 0.176. The summed E-state index contributed by atoms with van der Waals surface area (Å²) < 4.78 is 1.78. The highest BCUT2D eigenvalue weighted by atomic mass is 79.9. The van der Waals surface area contributed by atoms with E-state index in [1.807, 2.05) is 18.2 Å². The number of carbonyl (C=O) groups excluding carboxylic acids is 1. The van der Waals surface area contributed by atoms with Gasteiger partial charge in [-0.25, -0.2) is 9.50 Å². The zero-order valence-electron chi connectivity index (χ0n) is 12.5. The van der Waals surface area contributed by atoms with Crippen LogP contribution in [0.2, 0.25) is 0 Å². The summed E-state index contributed by atoms with van der Waals surface area (Å²) in [6, 6.07) is 11.9. The maximum absolute atomic E-state index is 12.7. The second-order valence-corrected chi connectivity index (χ2v) is 6.44. The zero-order chi connectivity index (χ0) is 16.7. The van der Waals surface area contributed by atoms with E-state index in [0.29, 0.717) is 21.5 Å². The van der Waals surface area contributed by atoms with Crippen molar-refractivity contribution in [1.29, 1.82) is 5.26 Å². The van der Waals surface area contributed by atoms with Crippen molar-refractivity contribution >= 4 is 27.5 Å². The Morgan fingerprint density at radius 3 is 2.67 bits per heavy atom. The van der Waals surface area contributed by atoms with Crippen LogP contribution in [0.25, 0.3) is 5.65 Å². The standard InChI is InChI=1S/C17H12BrN5O/c18-15-13(9-19)16-20-6-5-14(23(16)22-15)17(24)21-12-7-10-3-1-2-4-11(10)8-12/h1-6,12H,7-8H2,(H,21,24). The van der Waals surface area contributed by atoms with E-state index in [9.17, 15) is 10.1 Å². The molecule has 0 saturated carbocycles. The van der Waals surface area contributed by atoms with Crippen LogP contribution >= 0.6 is 15.9 Å². The molecule has 1 aliphatic carbocycles. The smallest absolute Gasteiger partial charge is 0.270 e. The molecule has 2 aromatic heterocycles. The summed E-state index contributed by atoms with van der Waals surface area (Å²) in [4.78, 5) is 16.8. The van der Waals surface area contributed by atoms with Crippen LogP contribution in [0.15, 0.2) is 41.1 Å². The van der Waals surface area contributed by atoms with Crippen molar-refractivity contribution in [3.63, 3.8) is 0 Å². The summed E-state index contributed by atoms with van der Waals surface area (Å²) in [5.74, 6) is -0.223. The molecule has 0 radical (unpaired) electrons. The van der Waals surface area contributed by atoms with Gasteiger partial charge in [-0.2, -0.15) is 10.4 Å². The summed E-state index contributed by atoms with van der Waals surface area (Å²) >= 11 is 3.23. The maximum Gasteiger partial charge on any atom is 0.270 e. The van der Waals surface area contributed by atoms with Gasteiger partial charge in [0.25, 0.3) is 5.91 Å². The second kappa shape index (κ2) is 5.73. The van der Waals surface area contributed by atoms with Crippen LogP contribution in [0.5, 0.6) is 0 Å². The van der Waals surface area contributed by atoms with Crippen LogP contribution in [0, 0.1) is 11.3 Å². The Hall–Kier alpha value is -2.72. The molecular formula is C17H12BrN5O. The SMILES string of the molecule is N#Cc1c(Br)nn2c(C(=O)NC3Cc4ccccc4C3)ccnc12. The molecule has 7 heteroatoms. The first-order valence-electron chi connectivity index (χ1n) is 7.48. The molecule has 0 bridgehead atoms. The molecule has 1 aromatic carbocycles. The maximum atomic E-state index is 12.7. The van der Waals surface area contributed by atoms with Gasteiger partial charge >= 0.3 is 0 Å². The van der Waals surface area contributed by atoms with Gasteiger partial charge in [0.2, 0.25) is 0 Å². The molecule has 1 amide bonds. The van der Waals surface area contributed by atoms with E-state index >= 15 is 0 Å². The van der Waals surface area contributed by atoms with Gasteiger partial charge < -0.3 is 5.32 Å². The van der Waals surface area contributed by atoms with Crippen molar-refractivity contribution < 1.29 is 4.79 Å². The van der Waals surface area contributed by atoms with Crippen LogP contribution in [-0.2, 0) is 12.8 Å². The molecule has 0 unspecified atom stereocenters. The minimum Gasteiger partial charge on any atom is -0.347 e. The molecule has 24 heavy (non-hydrogen) atoms. The number of nitrogens with zero attached hydrogens (tertiary/aromatic N) is 4. The molecule has 118 valence electrons. The Morgan fingerprint density at radius 2 is 2.00 bits per heavy atom. The minimum absolute atomic E-state index is 0.0626. The normalized spacial score (nSPS) is 13.7. The number of fused-ring (bicyclic) bond motifs is 2. The van der Waals surface area contributed by atoms with E-state index in [0.717, 1.165) is 12.8 Å². The van der Waals surface area contributed by atoms with E-state index in [-0.39, 0.29) is 11.9 Å². The Balaban J connectivity index is 1.62. The average molecular weight is 382 g/mol. The molecular weight excluding hydrogens is 370 g/mol. The van der Waals surface area contributed by atoms with Crippen molar-refractivity contribution in [3.05, 3.63) is 63.5 Å². The van der Waals surface area contributed by atoms with Crippen molar-refractivity contribution in [1.82, 2.24) is 19.9 Å². The van der Waals surface area contributed by atoms with Crippen molar-refractivity contribution in [2.24, 2.45) is 0 Å². The van der Waals surface area contributed by atoms with Crippen molar-refractivity contribution in [2.45, 2.75) is 18.9 Å². The number of rotatable bonds is 2. The highest BCUT2D eigenvalue weighted by molar-refractivity contribution is 9.10. The van der Waals surface area contributed by atoms with E-state index < -0.39 is 0 Å². The molecule has 3 aromatic rings. The molecule has 4 rings (SSSR count). The molecule has 0 fully saturated rings. The lowest BCUT2D eigenvalue weighted by molar-refractivity contribution is 0.0931. The van der Waals surface area contributed by atoms with Crippen LogP contribution < -0.4 is 5.32 Å². The Labute approximate surface area is 146 Å². The Morgan fingerprint density at radius 1 is 1.29 bits per heavy atom. The number of amides is 1. The topological polar surface area (TPSA) is 83.1 Å². The van der Waals surface area contributed by atoms with Crippen molar-refractivity contribution in [3.8, 4) is 6.07 Å². The van der Waals surface area contributed by atoms with Crippen LogP contribution in [-0.4, -0.2) is 26.5 Å². The average Bonchev–Trinajstić information content (AvgIpc) is 3.13. The van der Waals surface area contributed by atoms with E-state index in [2.05, 4.69) is 43.5 Å². The van der Waals surface area contributed by atoms with Gasteiger partial charge in [0, 0.05) is 12.2 Å². The first-order chi connectivity index (χ1) is 11.7. The van der Waals surface area contributed by atoms with Gasteiger partial charge in [0.1, 0.15) is 21.9 Å². The number of nitrogens with one attached hydrogen (secondary N) is 1. The first kappa shape index (κ1) is 14.8. The molecule has 2 heterocycles. The third kappa shape index (κ3) is 2.36. The molecule has 6 nitrogen and oxygen atoms in total. The molecule has 0 aliphatic heterocycles. The summed E-state index contributed by atoms with van der Waals surface area (Å²) in [7, 11) is 0. The lowest BCUT2D eigenvalue weighted by Crippen LogP contribution is -2.36. The first-order valence-corrected chi connectivity index (χ1v) is 8.27. The molecule has 1 aliphatic rings. The lowest BCUT2D eigenvalue weighted by atomic mass is 10.1. The predicted molar refractivity (Wildman–Crippen MR) is 90.5 cm³/mol. The van der Waals surface area contributed by atoms with Crippen LogP contribution in [0.4, 0.5) is 0 Å². The third-order valence-corrected chi connectivity index (χ3v) is 4.76. The number of benzene rings is 1. The van der Waals surface area contributed by atoms with Gasteiger partial charge in [0.15, 0.2) is 5.65 Å². The second-order valence-electron chi connectivity index (χ2n) is 5.69. The van der Waals surface area contributed by atoms with Gasteiger partial charge in [-0.3, -0.25) is 4.79 Å². The van der Waals surface area contributed by atoms with E-state index in [1.54, 1.807) is 6.07 Å². The molecule has 0 saturated heterocycles. The summed E-state index contributed by atoms with van der Waals surface area (Å²) in [5, 5.41) is 16.5. The van der Waals surface area contributed by atoms with E-state index in [1.165, 1.54) is 21.8 Å². The number of nitriles is 1. The summed E-state index contributed by atoms with van der Waals surface area (Å²) in [6.07, 6.45) is 3.16. The number of hydrogen-bond donors (Lipinski definition) is 1. The number of halogens is 1. The van der Waals surface area contributed by atoms with E-state index in [4.69, 9.17) is 0 Å². The Kier molecular flexibility index (Phi) is 3.54. The number of aromatic nitrogens is 3. The lowest BCUT2D eigenvalue weighted by Gasteiger charge is -2.12. The van der Waals surface area contributed by atoms with Crippen LogP contribution in [0.1, 0.15) is 27.2 Å². The fourth-order valence-electron chi connectivity index (χ4n) is 3.11. The minimum atomic E-state index is -0.223. The number of carbonyl (C=O) groups is 1. The van der Waals surface area contributed by atoms with Crippen LogP contribution in [0.3, 0.4) is 0 Å². The molecule has 0 spiro atoms. The van der Waals surface area contributed by atoms with Gasteiger partial charge in [0.05, 0.1) is 0 Å². The van der Waals surface area contributed by atoms with Gasteiger partial charge in [-0.15, -0.1) is 0 Å².